The van der Waals surface area contributed by atoms with Crippen molar-refractivity contribution in [3.05, 3.63) is 10.6 Å². The number of nitrogens with one attached hydrogen (secondary N) is 1. The summed E-state index contributed by atoms with van der Waals surface area (Å²) >= 11 is 4.21. The topological polar surface area (TPSA) is 79.9 Å². The van der Waals surface area contributed by atoms with E-state index in [-0.39, 0.29) is 5.91 Å². The largest absolute Gasteiger partial charge is 0.319 e. The maximum absolute atomic E-state index is 12.0. The minimum absolute atomic E-state index is 0.309. The highest BCUT2D eigenvalue weighted by Crippen LogP contribution is 2.48. The molecule has 1 unspecified atom stereocenters. The van der Waals surface area contributed by atoms with E-state index in [0.717, 1.165) is 19.6 Å². The third kappa shape index (κ3) is 2.11. The molecule has 19 heavy (non-hydrogen) atoms. The number of piperidine rings is 1. The van der Waals surface area contributed by atoms with Crippen LogP contribution in [0, 0.1) is 34.0 Å². The summed E-state index contributed by atoms with van der Waals surface area (Å²) in [6.45, 7) is 4.62. The average Bonchev–Trinajstić information content (AvgIpc) is 2.40. The van der Waals surface area contributed by atoms with Crippen LogP contribution in [-0.2, 0) is 4.79 Å². The number of nitriles is 2. The number of allylic oxidation sites excluding steroid dienone is 1. The summed E-state index contributed by atoms with van der Waals surface area (Å²) in [5.74, 6) is -1.13. The molecule has 2 rings (SSSR count). The Hall–Kier alpha value is -1.50. The smallest absolute Gasteiger partial charge is 0.243 e. The van der Waals surface area contributed by atoms with Crippen LogP contribution in [0.4, 0.5) is 0 Å². The molecular weight excluding hydrogens is 260 g/mol. The molecule has 1 atom stereocenters. The molecule has 1 N–H and O–H groups in total. The van der Waals surface area contributed by atoms with Crippen LogP contribution in [0.3, 0.4) is 0 Å². The first-order valence-electron chi connectivity index (χ1n) is 6.35. The lowest BCUT2D eigenvalue weighted by Crippen LogP contribution is -2.52. The van der Waals surface area contributed by atoms with Crippen LogP contribution >= 0.6 is 12.6 Å². The molecule has 2 aliphatic heterocycles. The standard InChI is InChI=1S/C13H16N4OS/c1-2-17-5-3-13(4-6-17)9(7-14)11(18)16-12(19)10(13)8-15/h9,19H,2-6H2,1H3,(H,16,18). The van der Waals surface area contributed by atoms with Gasteiger partial charge in [-0.2, -0.15) is 10.5 Å². The molecule has 1 fully saturated rings. The molecule has 5 nitrogen and oxygen atoms in total. The van der Waals surface area contributed by atoms with E-state index in [0.29, 0.717) is 23.4 Å². The van der Waals surface area contributed by atoms with E-state index in [1.54, 1.807) is 0 Å². The van der Waals surface area contributed by atoms with Crippen molar-refractivity contribution in [2.24, 2.45) is 11.3 Å². The van der Waals surface area contributed by atoms with Gasteiger partial charge in [0.05, 0.1) is 22.7 Å². The number of amides is 1. The van der Waals surface area contributed by atoms with E-state index in [1.807, 2.05) is 0 Å². The number of hydrogen-bond donors (Lipinski definition) is 2. The second kappa shape index (κ2) is 5.24. The summed E-state index contributed by atoms with van der Waals surface area (Å²) in [6.07, 6.45) is 1.30. The molecule has 1 amide bonds. The van der Waals surface area contributed by atoms with Crippen molar-refractivity contribution in [3.8, 4) is 12.1 Å². The molecule has 100 valence electrons. The average molecular weight is 276 g/mol. The van der Waals surface area contributed by atoms with Gasteiger partial charge in [0, 0.05) is 5.41 Å². The normalized spacial score (nSPS) is 26.7. The number of nitrogens with zero attached hydrogens (tertiary/aromatic N) is 3. The van der Waals surface area contributed by atoms with Gasteiger partial charge in [-0.15, -0.1) is 12.6 Å². The molecule has 0 aromatic carbocycles. The number of likely N-dealkylation sites (tertiary alicyclic amines) is 1. The summed E-state index contributed by atoms with van der Waals surface area (Å²) in [4.78, 5) is 14.2. The number of carbonyl (C=O) groups is 1. The van der Waals surface area contributed by atoms with Crippen LogP contribution < -0.4 is 5.32 Å². The van der Waals surface area contributed by atoms with Gasteiger partial charge in [-0.3, -0.25) is 4.79 Å². The Labute approximate surface area is 118 Å². The second-order valence-electron chi connectivity index (χ2n) is 4.98. The first-order chi connectivity index (χ1) is 9.08. The highest BCUT2D eigenvalue weighted by molar-refractivity contribution is 7.84. The Morgan fingerprint density at radius 1 is 1.47 bits per heavy atom. The van der Waals surface area contributed by atoms with E-state index in [1.165, 1.54) is 0 Å². The van der Waals surface area contributed by atoms with Crippen molar-refractivity contribution in [2.75, 3.05) is 19.6 Å². The molecule has 0 bridgehead atoms. The summed E-state index contributed by atoms with van der Waals surface area (Å²) in [5, 5.41) is 21.5. The quantitative estimate of drug-likeness (QED) is 0.701. The van der Waals surface area contributed by atoms with Gasteiger partial charge in [-0.05, 0) is 32.5 Å². The van der Waals surface area contributed by atoms with Gasteiger partial charge in [0.2, 0.25) is 5.91 Å². The minimum Gasteiger partial charge on any atom is -0.319 e. The molecule has 0 aromatic heterocycles. The van der Waals surface area contributed by atoms with E-state index in [9.17, 15) is 15.3 Å². The van der Waals surface area contributed by atoms with E-state index in [4.69, 9.17) is 0 Å². The Morgan fingerprint density at radius 3 is 2.58 bits per heavy atom. The summed E-state index contributed by atoms with van der Waals surface area (Å²) in [6, 6.07) is 4.23. The van der Waals surface area contributed by atoms with Gasteiger partial charge in [0.1, 0.15) is 5.92 Å². The van der Waals surface area contributed by atoms with Crippen molar-refractivity contribution in [2.45, 2.75) is 19.8 Å². The van der Waals surface area contributed by atoms with E-state index >= 15 is 0 Å². The van der Waals surface area contributed by atoms with Gasteiger partial charge in [0.15, 0.2) is 0 Å². The van der Waals surface area contributed by atoms with Crippen molar-refractivity contribution >= 4 is 18.5 Å². The molecule has 0 saturated carbocycles. The van der Waals surface area contributed by atoms with Crippen molar-refractivity contribution in [1.29, 1.82) is 10.5 Å². The van der Waals surface area contributed by atoms with Gasteiger partial charge in [-0.25, -0.2) is 0 Å². The van der Waals surface area contributed by atoms with Crippen LogP contribution in [0.5, 0.6) is 0 Å². The van der Waals surface area contributed by atoms with Crippen LogP contribution in [0.15, 0.2) is 10.6 Å². The van der Waals surface area contributed by atoms with Crippen LogP contribution in [0.25, 0.3) is 0 Å². The van der Waals surface area contributed by atoms with Crippen LogP contribution in [-0.4, -0.2) is 30.4 Å². The molecule has 0 aliphatic carbocycles. The lowest BCUT2D eigenvalue weighted by atomic mass is 9.63. The predicted molar refractivity (Wildman–Crippen MR) is 72.7 cm³/mol. The third-order valence-electron chi connectivity index (χ3n) is 4.23. The van der Waals surface area contributed by atoms with Crippen molar-refractivity contribution in [3.63, 3.8) is 0 Å². The molecule has 2 aliphatic rings. The number of rotatable bonds is 1. The summed E-state index contributed by atoms with van der Waals surface area (Å²) in [5.41, 5.74) is -0.202. The fourth-order valence-electron chi connectivity index (χ4n) is 3.04. The Balaban J connectivity index is 2.44. The molecule has 6 heteroatoms. The molecule has 2 heterocycles. The fraction of sp³-hybridized carbons (Fsp3) is 0.615. The van der Waals surface area contributed by atoms with Crippen molar-refractivity contribution in [1.82, 2.24) is 10.2 Å². The first kappa shape index (κ1) is 13.9. The zero-order valence-corrected chi connectivity index (χ0v) is 11.7. The van der Waals surface area contributed by atoms with Gasteiger partial charge in [-0.1, -0.05) is 6.92 Å². The zero-order valence-electron chi connectivity index (χ0n) is 10.8. The van der Waals surface area contributed by atoms with Crippen LogP contribution in [0.2, 0.25) is 0 Å². The molecule has 1 saturated heterocycles. The van der Waals surface area contributed by atoms with Crippen LogP contribution in [0.1, 0.15) is 19.8 Å². The van der Waals surface area contributed by atoms with E-state index < -0.39 is 11.3 Å². The van der Waals surface area contributed by atoms with Crippen molar-refractivity contribution < 1.29 is 4.79 Å². The zero-order chi connectivity index (χ0) is 14.0. The van der Waals surface area contributed by atoms with Gasteiger partial charge >= 0.3 is 0 Å². The maximum atomic E-state index is 12.0. The number of thiol groups is 1. The third-order valence-corrected chi connectivity index (χ3v) is 4.56. The molecule has 0 radical (unpaired) electrons. The Morgan fingerprint density at radius 2 is 2.11 bits per heavy atom. The predicted octanol–water partition coefficient (Wildman–Crippen LogP) is 1.02. The number of hydrogen-bond acceptors (Lipinski definition) is 5. The SMILES string of the molecule is CCN1CCC2(CC1)C(C#N)=C(S)NC(=O)C2C#N. The highest BCUT2D eigenvalue weighted by atomic mass is 32.1. The Kier molecular flexibility index (Phi) is 3.84. The van der Waals surface area contributed by atoms with Gasteiger partial charge < -0.3 is 10.2 Å². The molecule has 0 aromatic rings. The molecule has 1 spiro atoms. The summed E-state index contributed by atoms with van der Waals surface area (Å²) < 4.78 is 0. The monoisotopic (exact) mass is 276 g/mol. The fourth-order valence-corrected chi connectivity index (χ4v) is 3.42. The Bertz CT molecular complexity index is 506. The maximum Gasteiger partial charge on any atom is 0.243 e. The minimum atomic E-state index is -0.794. The molecular formula is C13H16N4OS. The highest BCUT2D eigenvalue weighted by Gasteiger charge is 2.51. The summed E-state index contributed by atoms with van der Waals surface area (Å²) in [7, 11) is 0. The lowest BCUT2D eigenvalue weighted by molar-refractivity contribution is -0.127. The number of carbonyl (C=O) groups excluding carboxylic acids is 1. The van der Waals surface area contributed by atoms with Gasteiger partial charge in [0.25, 0.3) is 0 Å². The lowest BCUT2D eigenvalue weighted by Gasteiger charge is -2.45. The second-order valence-corrected chi connectivity index (χ2v) is 5.42. The van der Waals surface area contributed by atoms with E-state index in [2.05, 4.69) is 41.9 Å². The first-order valence-corrected chi connectivity index (χ1v) is 6.80.